The van der Waals surface area contributed by atoms with Crippen LogP contribution in [0.15, 0.2) is 48.6 Å². The van der Waals surface area contributed by atoms with Gasteiger partial charge in [-0.2, -0.15) is 0 Å². The summed E-state index contributed by atoms with van der Waals surface area (Å²) < 4.78 is 0. The molecule has 0 radical (unpaired) electrons. The number of hydrogen-bond donors (Lipinski definition) is 0. The second kappa shape index (κ2) is 18.2. The molecule has 0 rings (SSSR count). The second-order valence-corrected chi connectivity index (χ2v) is 7.00. The van der Waals surface area contributed by atoms with Gasteiger partial charge >= 0.3 is 0 Å². The maximum Gasteiger partial charge on any atom is 0.225 e. The number of carbonyl (C=O) groups excluding carboxylic acids is 1. The van der Waals surface area contributed by atoms with Crippen LogP contribution in [0, 0.1) is 5.92 Å². The van der Waals surface area contributed by atoms with Gasteiger partial charge in [0.2, 0.25) is 5.91 Å². The molecule has 0 aliphatic heterocycles. The minimum Gasteiger partial charge on any atom is -0.349 e. The lowest BCUT2D eigenvalue weighted by Crippen LogP contribution is -2.29. The van der Waals surface area contributed by atoms with Gasteiger partial charge in [0.25, 0.3) is 0 Å². The van der Waals surface area contributed by atoms with Crippen molar-refractivity contribution in [2.75, 3.05) is 14.1 Å². The molecule has 0 aliphatic rings. The number of amides is 1. The first-order chi connectivity index (χ1) is 12.6. The fourth-order valence-corrected chi connectivity index (χ4v) is 2.73. The zero-order valence-corrected chi connectivity index (χ0v) is 17.6. The number of nitrogens with zero attached hydrogens (tertiary/aromatic N) is 1. The standard InChI is InChI=1S/C24H41NO/c1-5-7-8-9-10-11-12-13-14-15-16-17-18-19-20-21-22-23(6-2)24(26)25(3)4/h10-11,13-14,16-17,19-20,23H,5-9,12,15,18,21-22H2,1-4H3/b11-10-,14-13-,17-16-,20-19-. The van der Waals surface area contributed by atoms with Crippen LogP contribution in [0.1, 0.15) is 78.1 Å². The quantitative estimate of drug-likeness (QED) is 0.231. The van der Waals surface area contributed by atoms with Crippen LogP contribution >= 0.6 is 0 Å². The summed E-state index contributed by atoms with van der Waals surface area (Å²) in [6, 6.07) is 0. The van der Waals surface area contributed by atoms with E-state index in [1.807, 2.05) is 14.1 Å². The van der Waals surface area contributed by atoms with Crippen molar-refractivity contribution in [3.8, 4) is 0 Å². The molecule has 0 fully saturated rings. The number of hydrogen-bond acceptors (Lipinski definition) is 1. The van der Waals surface area contributed by atoms with Gasteiger partial charge in [0.15, 0.2) is 0 Å². The van der Waals surface area contributed by atoms with Crippen LogP contribution in [-0.4, -0.2) is 24.9 Å². The summed E-state index contributed by atoms with van der Waals surface area (Å²) >= 11 is 0. The average Bonchev–Trinajstić information content (AvgIpc) is 2.64. The summed E-state index contributed by atoms with van der Waals surface area (Å²) in [5.41, 5.74) is 0. The molecule has 1 atom stereocenters. The molecule has 0 aromatic carbocycles. The molecule has 0 heterocycles. The molecule has 0 N–H and O–H groups in total. The van der Waals surface area contributed by atoms with E-state index in [1.165, 1.54) is 25.7 Å². The van der Waals surface area contributed by atoms with Crippen LogP contribution in [0.4, 0.5) is 0 Å². The maximum absolute atomic E-state index is 11.9. The zero-order valence-electron chi connectivity index (χ0n) is 17.6. The molecule has 0 saturated carbocycles. The van der Waals surface area contributed by atoms with E-state index in [1.54, 1.807) is 4.90 Å². The van der Waals surface area contributed by atoms with E-state index in [0.717, 1.165) is 38.5 Å². The van der Waals surface area contributed by atoms with Crippen molar-refractivity contribution in [2.45, 2.75) is 78.1 Å². The Labute approximate surface area is 162 Å². The van der Waals surface area contributed by atoms with Crippen molar-refractivity contribution >= 4 is 5.91 Å². The number of unbranched alkanes of at least 4 members (excludes halogenated alkanes) is 3. The van der Waals surface area contributed by atoms with Gasteiger partial charge < -0.3 is 4.90 Å². The third-order valence-corrected chi connectivity index (χ3v) is 4.42. The van der Waals surface area contributed by atoms with Gasteiger partial charge in [-0.3, -0.25) is 4.79 Å². The molecule has 26 heavy (non-hydrogen) atoms. The number of carbonyl (C=O) groups is 1. The number of allylic oxidation sites excluding steroid dienone is 8. The Morgan fingerprint density at radius 2 is 1.27 bits per heavy atom. The van der Waals surface area contributed by atoms with Gasteiger partial charge in [-0.15, -0.1) is 0 Å². The summed E-state index contributed by atoms with van der Waals surface area (Å²) in [7, 11) is 3.67. The van der Waals surface area contributed by atoms with E-state index >= 15 is 0 Å². The molecule has 0 spiro atoms. The van der Waals surface area contributed by atoms with Crippen LogP contribution in [-0.2, 0) is 4.79 Å². The summed E-state index contributed by atoms with van der Waals surface area (Å²) in [4.78, 5) is 13.7. The Balaban J connectivity index is 3.69. The third-order valence-electron chi connectivity index (χ3n) is 4.42. The van der Waals surface area contributed by atoms with Gasteiger partial charge in [-0.05, 0) is 51.4 Å². The highest BCUT2D eigenvalue weighted by molar-refractivity contribution is 5.78. The Morgan fingerprint density at radius 3 is 1.73 bits per heavy atom. The lowest BCUT2D eigenvalue weighted by atomic mass is 9.99. The van der Waals surface area contributed by atoms with Crippen LogP contribution in [0.5, 0.6) is 0 Å². The lowest BCUT2D eigenvalue weighted by molar-refractivity contribution is -0.133. The largest absolute Gasteiger partial charge is 0.349 e. The topological polar surface area (TPSA) is 20.3 Å². The van der Waals surface area contributed by atoms with Crippen molar-refractivity contribution in [3.63, 3.8) is 0 Å². The summed E-state index contributed by atoms with van der Waals surface area (Å²) in [5.74, 6) is 0.416. The summed E-state index contributed by atoms with van der Waals surface area (Å²) in [6.45, 7) is 4.33. The first kappa shape index (κ1) is 24.4. The molecule has 2 heteroatoms. The molecular formula is C24H41NO. The van der Waals surface area contributed by atoms with Crippen molar-refractivity contribution in [3.05, 3.63) is 48.6 Å². The molecule has 1 unspecified atom stereocenters. The highest BCUT2D eigenvalue weighted by Gasteiger charge is 2.16. The first-order valence-electron chi connectivity index (χ1n) is 10.4. The normalized spacial score (nSPS) is 13.5. The third kappa shape index (κ3) is 14.7. The Hall–Kier alpha value is -1.57. The van der Waals surface area contributed by atoms with E-state index in [2.05, 4.69) is 62.5 Å². The fraction of sp³-hybridized carbons (Fsp3) is 0.625. The minimum absolute atomic E-state index is 0.163. The first-order valence-corrected chi connectivity index (χ1v) is 10.4. The van der Waals surface area contributed by atoms with Gasteiger partial charge in [0.1, 0.15) is 0 Å². The van der Waals surface area contributed by atoms with Crippen molar-refractivity contribution in [2.24, 2.45) is 5.92 Å². The van der Waals surface area contributed by atoms with Crippen LogP contribution in [0.3, 0.4) is 0 Å². The summed E-state index contributed by atoms with van der Waals surface area (Å²) in [6.07, 6.45) is 28.9. The molecule has 1 amide bonds. The average molecular weight is 360 g/mol. The molecule has 0 aromatic rings. The lowest BCUT2D eigenvalue weighted by Gasteiger charge is -2.18. The highest BCUT2D eigenvalue weighted by atomic mass is 16.2. The zero-order chi connectivity index (χ0) is 19.5. The predicted molar refractivity (Wildman–Crippen MR) is 116 cm³/mol. The molecule has 0 aromatic heterocycles. The van der Waals surface area contributed by atoms with Crippen LogP contribution in [0.25, 0.3) is 0 Å². The van der Waals surface area contributed by atoms with E-state index in [-0.39, 0.29) is 11.8 Å². The Kier molecular flexibility index (Phi) is 17.1. The molecule has 0 saturated heterocycles. The fourth-order valence-electron chi connectivity index (χ4n) is 2.73. The van der Waals surface area contributed by atoms with Crippen LogP contribution < -0.4 is 0 Å². The number of rotatable bonds is 15. The van der Waals surface area contributed by atoms with E-state index in [4.69, 9.17) is 0 Å². The van der Waals surface area contributed by atoms with Crippen molar-refractivity contribution in [1.29, 1.82) is 0 Å². The molecule has 0 aliphatic carbocycles. The van der Waals surface area contributed by atoms with Crippen LogP contribution in [0.2, 0.25) is 0 Å². The second-order valence-electron chi connectivity index (χ2n) is 7.00. The maximum atomic E-state index is 11.9. The predicted octanol–water partition coefficient (Wildman–Crippen LogP) is 6.86. The smallest absolute Gasteiger partial charge is 0.225 e. The van der Waals surface area contributed by atoms with Gasteiger partial charge in [0.05, 0.1) is 0 Å². The van der Waals surface area contributed by atoms with Crippen molar-refractivity contribution < 1.29 is 4.79 Å². The minimum atomic E-state index is 0.163. The molecule has 148 valence electrons. The highest BCUT2D eigenvalue weighted by Crippen LogP contribution is 2.14. The van der Waals surface area contributed by atoms with Gasteiger partial charge in [-0.1, -0.05) is 75.3 Å². The van der Waals surface area contributed by atoms with Crippen molar-refractivity contribution in [1.82, 2.24) is 4.90 Å². The molecule has 2 nitrogen and oxygen atoms in total. The van der Waals surface area contributed by atoms with E-state index in [0.29, 0.717) is 0 Å². The molecule has 0 bridgehead atoms. The van der Waals surface area contributed by atoms with Gasteiger partial charge in [0, 0.05) is 20.0 Å². The monoisotopic (exact) mass is 359 g/mol. The Morgan fingerprint density at radius 1 is 0.769 bits per heavy atom. The molecular weight excluding hydrogens is 318 g/mol. The Bertz CT molecular complexity index is 443. The van der Waals surface area contributed by atoms with Gasteiger partial charge in [-0.25, -0.2) is 0 Å². The van der Waals surface area contributed by atoms with E-state index < -0.39 is 0 Å². The SMILES string of the molecule is CCCCC/C=C\C/C=C\C/C=C\C/C=C\CCC(CC)C(=O)N(C)C. The summed E-state index contributed by atoms with van der Waals surface area (Å²) in [5, 5.41) is 0. The van der Waals surface area contributed by atoms with E-state index in [9.17, 15) is 4.79 Å².